The molecule has 1 aliphatic carbocycles. The molecule has 0 aliphatic heterocycles. The Morgan fingerprint density at radius 1 is 1.44 bits per heavy atom. The average Bonchev–Trinajstić information content (AvgIpc) is 3.25. The predicted molar refractivity (Wildman–Crippen MR) is 94.0 cm³/mol. The molecule has 1 N–H and O–H groups in total. The first-order valence-corrected chi connectivity index (χ1v) is 8.69. The third-order valence-electron chi connectivity index (χ3n) is 4.39. The first-order chi connectivity index (χ1) is 12.1. The summed E-state index contributed by atoms with van der Waals surface area (Å²) in [6.07, 6.45) is 10.2. The van der Waals surface area contributed by atoms with Crippen LogP contribution in [0.5, 0.6) is 5.88 Å². The number of aryl methyl sites for hydroxylation is 1. The molecule has 0 radical (unpaired) electrons. The number of urea groups is 1. The topological polar surface area (TPSA) is 72.3 Å². The van der Waals surface area contributed by atoms with Gasteiger partial charge in [0.05, 0.1) is 12.7 Å². The minimum atomic E-state index is -0.139. The molecule has 0 unspecified atom stereocenters. The van der Waals surface area contributed by atoms with Crippen molar-refractivity contribution in [2.24, 2.45) is 7.05 Å². The lowest BCUT2D eigenvalue weighted by atomic mass is 10.2. The van der Waals surface area contributed by atoms with Crippen molar-refractivity contribution < 1.29 is 9.53 Å². The molecule has 1 fully saturated rings. The normalized spacial score (nSPS) is 14.5. The summed E-state index contributed by atoms with van der Waals surface area (Å²) in [6, 6.07) is 3.67. The van der Waals surface area contributed by atoms with Gasteiger partial charge in [0.15, 0.2) is 0 Å². The van der Waals surface area contributed by atoms with E-state index >= 15 is 0 Å². The summed E-state index contributed by atoms with van der Waals surface area (Å²) in [5.74, 6) is 0.629. The van der Waals surface area contributed by atoms with E-state index in [-0.39, 0.29) is 12.1 Å². The van der Waals surface area contributed by atoms with Gasteiger partial charge < -0.3 is 15.0 Å². The van der Waals surface area contributed by atoms with Gasteiger partial charge in [0.25, 0.3) is 0 Å². The highest BCUT2D eigenvalue weighted by Crippen LogP contribution is 2.24. The van der Waals surface area contributed by atoms with Crippen molar-refractivity contribution in [3.63, 3.8) is 0 Å². The molecule has 2 amide bonds. The van der Waals surface area contributed by atoms with Crippen molar-refractivity contribution in [2.75, 3.05) is 7.05 Å². The van der Waals surface area contributed by atoms with E-state index in [1.54, 1.807) is 29.0 Å². The van der Waals surface area contributed by atoms with Crippen LogP contribution in [0.15, 0.2) is 30.7 Å². The second-order valence-electron chi connectivity index (χ2n) is 6.53. The van der Waals surface area contributed by atoms with Gasteiger partial charge in [-0.2, -0.15) is 5.10 Å². The Kier molecular flexibility index (Phi) is 5.53. The Morgan fingerprint density at radius 3 is 2.96 bits per heavy atom. The number of ether oxygens (including phenoxy) is 1. The number of carbonyl (C=O) groups is 1. The third-order valence-corrected chi connectivity index (χ3v) is 4.39. The fourth-order valence-corrected chi connectivity index (χ4v) is 3.03. The van der Waals surface area contributed by atoms with Crippen molar-refractivity contribution in [2.45, 2.75) is 44.9 Å². The van der Waals surface area contributed by atoms with Gasteiger partial charge >= 0.3 is 6.03 Å². The Hall–Kier alpha value is -2.57. The highest BCUT2D eigenvalue weighted by molar-refractivity contribution is 5.73. The van der Waals surface area contributed by atoms with Gasteiger partial charge in [-0.15, -0.1) is 0 Å². The van der Waals surface area contributed by atoms with Crippen LogP contribution in [0, 0.1) is 0 Å². The molecule has 1 saturated carbocycles. The summed E-state index contributed by atoms with van der Waals surface area (Å²) in [5, 5.41) is 7.05. The average molecular weight is 343 g/mol. The maximum absolute atomic E-state index is 12.3. The number of amides is 2. The number of nitrogens with zero attached hydrogens (tertiary/aromatic N) is 4. The second kappa shape index (κ2) is 8.00. The van der Waals surface area contributed by atoms with E-state index < -0.39 is 0 Å². The van der Waals surface area contributed by atoms with Crippen molar-refractivity contribution in [1.82, 2.24) is 25.0 Å². The molecule has 25 heavy (non-hydrogen) atoms. The lowest BCUT2D eigenvalue weighted by Gasteiger charge is -2.19. The summed E-state index contributed by atoms with van der Waals surface area (Å²) in [6.45, 7) is 0.907. The first-order valence-electron chi connectivity index (χ1n) is 8.69. The molecular formula is C18H25N5O2. The van der Waals surface area contributed by atoms with E-state index in [1.165, 1.54) is 12.8 Å². The van der Waals surface area contributed by atoms with E-state index in [4.69, 9.17) is 4.74 Å². The maximum atomic E-state index is 12.3. The Labute approximate surface area is 148 Å². The molecule has 7 nitrogen and oxygen atoms in total. The number of nitrogens with one attached hydrogen (secondary N) is 1. The molecule has 0 aromatic carbocycles. The third kappa shape index (κ3) is 4.71. The van der Waals surface area contributed by atoms with Gasteiger partial charge in [0.2, 0.25) is 5.88 Å². The lowest BCUT2D eigenvalue weighted by Crippen LogP contribution is -2.36. The highest BCUT2D eigenvalue weighted by Gasteiger charge is 2.19. The molecule has 3 rings (SSSR count). The Morgan fingerprint density at radius 2 is 2.24 bits per heavy atom. The van der Waals surface area contributed by atoms with Crippen molar-refractivity contribution >= 4 is 6.03 Å². The molecule has 134 valence electrons. The summed E-state index contributed by atoms with van der Waals surface area (Å²) in [5.41, 5.74) is 1.89. The van der Waals surface area contributed by atoms with Gasteiger partial charge in [-0.1, -0.05) is 6.07 Å². The fourth-order valence-electron chi connectivity index (χ4n) is 3.03. The molecule has 7 heteroatoms. The quantitative estimate of drug-likeness (QED) is 0.874. The van der Waals surface area contributed by atoms with Crippen LogP contribution >= 0.6 is 0 Å². The predicted octanol–water partition coefficient (Wildman–Crippen LogP) is 2.48. The van der Waals surface area contributed by atoms with Crippen LogP contribution < -0.4 is 10.1 Å². The van der Waals surface area contributed by atoms with Gasteiger partial charge in [-0.05, 0) is 31.7 Å². The summed E-state index contributed by atoms with van der Waals surface area (Å²) < 4.78 is 7.74. The van der Waals surface area contributed by atoms with E-state index in [0.717, 1.165) is 24.0 Å². The molecule has 2 aromatic heterocycles. The number of pyridine rings is 1. The number of aromatic nitrogens is 3. The monoisotopic (exact) mass is 343 g/mol. The van der Waals surface area contributed by atoms with Crippen molar-refractivity contribution in [1.29, 1.82) is 0 Å². The molecule has 2 heterocycles. The van der Waals surface area contributed by atoms with Gasteiger partial charge in [-0.3, -0.25) is 4.68 Å². The number of carbonyl (C=O) groups excluding carboxylic acids is 1. The molecular weight excluding hydrogens is 318 g/mol. The van der Waals surface area contributed by atoms with Crippen LogP contribution in [0.25, 0.3) is 0 Å². The number of hydrogen-bond donors (Lipinski definition) is 1. The zero-order valence-electron chi connectivity index (χ0n) is 14.8. The smallest absolute Gasteiger partial charge is 0.317 e. The highest BCUT2D eigenvalue weighted by atomic mass is 16.5. The Bertz CT molecular complexity index is 709. The summed E-state index contributed by atoms with van der Waals surface area (Å²) in [7, 11) is 3.62. The van der Waals surface area contributed by atoms with E-state index in [0.29, 0.717) is 19.0 Å². The minimum Gasteiger partial charge on any atom is -0.474 e. The van der Waals surface area contributed by atoms with Crippen LogP contribution in [0.4, 0.5) is 4.79 Å². The van der Waals surface area contributed by atoms with Gasteiger partial charge in [0.1, 0.15) is 6.10 Å². The van der Waals surface area contributed by atoms with Crippen LogP contribution in [-0.4, -0.2) is 38.8 Å². The molecule has 0 saturated heterocycles. The standard InChI is InChI=1S/C18H25N5O2/c1-22(12-14-10-21-23(2)13-14)18(24)20-11-15-6-5-9-19-17(15)25-16-7-3-4-8-16/h5-6,9-10,13,16H,3-4,7-8,11-12H2,1-2H3,(H,20,24). The van der Waals surface area contributed by atoms with Gasteiger partial charge in [0, 0.05) is 44.2 Å². The minimum absolute atomic E-state index is 0.139. The van der Waals surface area contributed by atoms with E-state index in [1.807, 2.05) is 25.4 Å². The van der Waals surface area contributed by atoms with Gasteiger partial charge in [-0.25, -0.2) is 9.78 Å². The molecule has 0 spiro atoms. The van der Waals surface area contributed by atoms with Crippen LogP contribution in [0.2, 0.25) is 0 Å². The fraction of sp³-hybridized carbons (Fsp3) is 0.500. The molecule has 2 aromatic rings. The molecule has 0 bridgehead atoms. The SMILES string of the molecule is CN(Cc1cnn(C)c1)C(=O)NCc1cccnc1OC1CCCC1. The van der Waals surface area contributed by atoms with Crippen molar-refractivity contribution in [3.05, 3.63) is 41.9 Å². The largest absolute Gasteiger partial charge is 0.474 e. The maximum Gasteiger partial charge on any atom is 0.317 e. The molecule has 1 aliphatic rings. The second-order valence-corrected chi connectivity index (χ2v) is 6.53. The van der Waals surface area contributed by atoms with E-state index in [2.05, 4.69) is 15.4 Å². The van der Waals surface area contributed by atoms with Crippen LogP contribution in [0.1, 0.15) is 36.8 Å². The van der Waals surface area contributed by atoms with E-state index in [9.17, 15) is 4.79 Å². The number of rotatable bonds is 6. The van der Waals surface area contributed by atoms with Crippen LogP contribution in [0.3, 0.4) is 0 Å². The zero-order valence-corrected chi connectivity index (χ0v) is 14.8. The molecule has 0 atom stereocenters. The zero-order chi connectivity index (χ0) is 17.6. The summed E-state index contributed by atoms with van der Waals surface area (Å²) >= 11 is 0. The van der Waals surface area contributed by atoms with Crippen molar-refractivity contribution in [3.8, 4) is 5.88 Å². The number of hydrogen-bond acceptors (Lipinski definition) is 4. The van der Waals surface area contributed by atoms with Crippen LogP contribution in [-0.2, 0) is 20.1 Å². The lowest BCUT2D eigenvalue weighted by molar-refractivity contribution is 0.196. The Balaban J connectivity index is 1.54. The summed E-state index contributed by atoms with van der Waals surface area (Å²) in [4.78, 5) is 18.3. The first kappa shape index (κ1) is 17.3.